The van der Waals surface area contributed by atoms with Crippen LogP contribution in [0.3, 0.4) is 0 Å². The third kappa shape index (κ3) is 3.22. The summed E-state index contributed by atoms with van der Waals surface area (Å²) < 4.78 is 1.31. The Balaban J connectivity index is 2.46. The number of aliphatic carboxylic acids is 1. The molecule has 0 spiro atoms. The lowest BCUT2D eigenvalue weighted by Gasteiger charge is -2.18. The minimum atomic E-state index is -1.12. The molecule has 2 aromatic rings. The van der Waals surface area contributed by atoms with Gasteiger partial charge < -0.3 is 20.0 Å². The summed E-state index contributed by atoms with van der Waals surface area (Å²) in [4.78, 5) is 49.4. The van der Waals surface area contributed by atoms with Crippen LogP contribution in [-0.2, 0) is 11.3 Å². The fourth-order valence-electron chi connectivity index (χ4n) is 2.47. The second-order valence-electron chi connectivity index (χ2n) is 5.77. The quantitative estimate of drug-likeness (QED) is 0.690. The number of aromatic nitrogens is 2. The van der Waals surface area contributed by atoms with E-state index in [-0.39, 0.29) is 11.5 Å². The first-order valence-corrected chi connectivity index (χ1v) is 7.56. The first-order valence-electron chi connectivity index (χ1n) is 7.56. The molecule has 128 valence electrons. The molecule has 2 rings (SSSR count). The number of carbonyl (C=O) groups excluding carboxylic acids is 1. The number of benzene rings is 1. The molecule has 1 heterocycles. The van der Waals surface area contributed by atoms with Gasteiger partial charge in [0, 0.05) is 12.1 Å². The molecule has 1 amide bonds. The van der Waals surface area contributed by atoms with E-state index in [0.29, 0.717) is 17.6 Å². The lowest BCUT2D eigenvalue weighted by Crippen LogP contribution is -2.44. The van der Waals surface area contributed by atoms with Gasteiger partial charge in [-0.05, 0) is 31.0 Å². The maximum Gasteiger partial charge on any atom is 0.326 e. The molecule has 0 saturated carbocycles. The molecule has 0 aliphatic heterocycles. The van der Waals surface area contributed by atoms with Crippen molar-refractivity contribution in [1.82, 2.24) is 14.9 Å². The first-order chi connectivity index (χ1) is 11.3. The Labute approximate surface area is 137 Å². The van der Waals surface area contributed by atoms with Gasteiger partial charge in [0.2, 0.25) is 0 Å². The Morgan fingerprint density at radius 1 is 1.29 bits per heavy atom. The maximum atomic E-state index is 12.3. The van der Waals surface area contributed by atoms with Crippen LogP contribution in [0.5, 0.6) is 0 Å². The van der Waals surface area contributed by atoms with E-state index in [0.717, 1.165) is 0 Å². The topological polar surface area (TPSA) is 121 Å². The fourth-order valence-corrected chi connectivity index (χ4v) is 2.47. The van der Waals surface area contributed by atoms with E-state index in [1.165, 1.54) is 16.7 Å². The number of H-pyrrole nitrogens is 1. The highest BCUT2D eigenvalue weighted by molar-refractivity contribution is 5.99. The van der Waals surface area contributed by atoms with E-state index in [9.17, 15) is 19.2 Å². The number of rotatable bonds is 5. The van der Waals surface area contributed by atoms with E-state index in [1.54, 1.807) is 26.8 Å². The Bertz CT molecular complexity index is 910. The number of carboxylic acid groups (broad SMARTS) is 1. The van der Waals surface area contributed by atoms with Gasteiger partial charge in [-0.2, -0.15) is 0 Å². The average molecular weight is 333 g/mol. The lowest BCUT2D eigenvalue weighted by molar-refractivity contribution is -0.140. The van der Waals surface area contributed by atoms with Crippen LogP contribution >= 0.6 is 0 Å². The molecule has 0 bridgehead atoms. The Morgan fingerprint density at radius 3 is 2.50 bits per heavy atom. The highest BCUT2D eigenvalue weighted by Gasteiger charge is 2.24. The van der Waals surface area contributed by atoms with Crippen LogP contribution in [0.25, 0.3) is 11.0 Å². The third-order valence-corrected chi connectivity index (χ3v) is 3.77. The smallest absolute Gasteiger partial charge is 0.326 e. The SMILES string of the molecule is CCn1c(=O)c(=O)[nH]c2cc(C(=O)N[C@H](C(=O)O)C(C)C)ccc21. The number of fused-ring (bicyclic) bond motifs is 1. The molecule has 0 aliphatic rings. The van der Waals surface area contributed by atoms with Gasteiger partial charge in [-0.1, -0.05) is 13.8 Å². The monoisotopic (exact) mass is 333 g/mol. The maximum absolute atomic E-state index is 12.3. The molecule has 3 N–H and O–H groups in total. The normalized spacial score (nSPS) is 12.3. The second-order valence-corrected chi connectivity index (χ2v) is 5.77. The summed E-state index contributed by atoms with van der Waals surface area (Å²) in [5, 5.41) is 11.6. The Hall–Kier alpha value is -2.90. The van der Waals surface area contributed by atoms with Crippen molar-refractivity contribution in [3.63, 3.8) is 0 Å². The van der Waals surface area contributed by atoms with Gasteiger partial charge in [-0.15, -0.1) is 0 Å². The van der Waals surface area contributed by atoms with Gasteiger partial charge in [0.25, 0.3) is 5.91 Å². The highest BCUT2D eigenvalue weighted by atomic mass is 16.4. The molecule has 0 fully saturated rings. The van der Waals surface area contributed by atoms with Crippen LogP contribution in [0.15, 0.2) is 27.8 Å². The Kier molecular flexibility index (Phi) is 4.87. The summed E-state index contributed by atoms with van der Waals surface area (Å²) in [6.45, 7) is 5.44. The number of aromatic amines is 1. The van der Waals surface area contributed by atoms with Crippen molar-refractivity contribution in [1.29, 1.82) is 0 Å². The summed E-state index contributed by atoms with van der Waals surface area (Å²) in [5.74, 6) is -1.96. The molecule has 0 saturated heterocycles. The summed E-state index contributed by atoms with van der Waals surface area (Å²) in [7, 11) is 0. The number of aryl methyl sites for hydroxylation is 1. The van der Waals surface area contributed by atoms with Crippen molar-refractivity contribution in [2.24, 2.45) is 5.92 Å². The number of carboxylic acids is 1. The molecule has 1 aromatic carbocycles. The first kappa shape index (κ1) is 17.5. The van der Waals surface area contributed by atoms with Crippen molar-refractivity contribution in [3.05, 3.63) is 44.5 Å². The van der Waals surface area contributed by atoms with Crippen LogP contribution in [-0.4, -0.2) is 32.6 Å². The standard InChI is InChI=1S/C16H19N3O5/c1-4-19-11-6-5-9(7-10(11)17-14(21)15(19)22)13(20)18-12(8(2)3)16(23)24/h5-8,12H,4H2,1-3H3,(H,17,21)(H,18,20)(H,23,24)/t12-/m0/s1. The molecule has 8 nitrogen and oxygen atoms in total. The van der Waals surface area contributed by atoms with Crippen molar-refractivity contribution in [3.8, 4) is 0 Å². The molecule has 1 atom stereocenters. The molecule has 0 radical (unpaired) electrons. The van der Waals surface area contributed by atoms with Crippen LogP contribution < -0.4 is 16.4 Å². The van der Waals surface area contributed by atoms with Crippen LogP contribution in [0, 0.1) is 5.92 Å². The predicted octanol–water partition coefficient (Wildman–Crippen LogP) is 0.549. The van der Waals surface area contributed by atoms with Crippen molar-refractivity contribution in [2.45, 2.75) is 33.4 Å². The van der Waals surface area contributed by atoms with Gasteiger partial charge in [-0.25, -0.2) is 4.79 Å². The lowest BCUT2D eigenvalue weighted by atomic mass is 10.0. The third-order valence-electron chi connectivity index (χ3n) is 3.77. The summed E-state index contributed by atoms with van der Waals surface area (Å²) in [5.41, 5.74) is -0.394. The zero-order chi connectivity index (χ0) is 18.0. The van der Waals surface area contributed by atoms with Gasteiger partial charge >= 0.3 is 17.1 Å². The van der Waals surface area contributed by atoms with Crippen LogP contribution in [0.2, 0.25) is 0 Å². The average Bonchev–Trinajstić information content (AvgIpc) is 2.52. The summed E-state index contributed by atoms with van der Waals surface area (Å²) >= 11 is 0. The highest BCUT2D eigenvalue weighted by Crippen LogP contribution is 2.12. The van der Waals surface area contributed by atoms with Crippen molar-refractivity contribution >= 4 is 22.9 Å². The minimum absolute atomic E-state index is 0.200. The van der Waals surface area contributed by atoms with E-state index in [4.69, 9.17) is 5.11 Å². The Morgan fingerprint density at radius 2 is 1.96 bits per heavy atom. The number of hydrogen-bond donors (Lipinski definition) is 3. The second kappa shape index (κ2) is 6.69. The number of hydrogen-bond acceptors (Lipinski definition) is 4. The van der Waals surface area contributed by atoms with Gasteiger partial charge in [0.05, 0.1) is 11.0 Å². The van der Waals surface area contributed by atoms with E-state index >= 15 is 0 Å². The summed E-state index contributed by atoms with van der Waals surface area (Å²) in [6.07, 6.45) is 0. The molecular weight excluding hydrogens is 314 g/mol. The number of amides is 1. The van der Waals surface area contributed by atoms with E-state index < -0.39 is 29.0 Å². The predicted molar refractivity (Wildman–Crippen MR) is 88.2 cm³/mol. The molecule has 0 unspecified atom stereocenters. The summed E-state index contributed by atoms with van der Waals surface area (Å²) in [6, 6.07) is 3.45. The molecule has 0 aliphatic carbocycles. The fraction of sp³-hybridized carbons (Fsp3) is 0.375. The molecule has 24 heavy (non-hydrogen) atoms. The van der Waals surface area contributed by atoms with E-state index in [2.05, 4.69) is 10.3 Å². The zero-order valence-electron chi connectivity index (χ0n) is 13.6. The minimum Gasteiger partial charge on any atom is -0.480 e. The van der Waals surface area contributed by atoms with E-state index in [1.807, 2.05) is 0 Å². The van der Waals surface area contributed by atoms with Crippen LogP contribution in [0.1, 0.15) is 31.1 Å². The number of nitrogens with one attached hydrogen (secondary N) is 2. The van der Waals surface area contributed by atoms with Gasteiger partial charge in [0.1, 0.15) is 6.04 Å². The van der Waals surface area contributed by atoms with Gasteiger partial charge in [-0.3, -0.25) is 14.4 Å². The van der Waals surface area contributed by atoms with Gasteiger partial charge in [0.15, 0.2) is 0 Å². The van der Waals surface area contributed by atoms with Crippen molar-refractivity contribution < 1.29 is 14.7 Å². The molecular formula is C16H19N3O5. The van der Waals surface area contributed by atoms with Crippen molar-refractivity contribution in [2.75, 3.05) is 0 Å². The number of nitrogens with zero attached hydrogens (tertiary/aromatic N) is 1. The number of carbonyl (C=O) groups is 2. The largest absolute Gasteiger partial charge is 0.480 e. The zero-order valence-corrected chi connectivity index (χ0v) is 13.6. The van der Waals surface area contributed by atoms with Crippen LogP contribution in [0.4, 0.5) is 0 Å². The molecule has 1 aromatic heterocycles. The molecule has 8 heteroatoms.